The molecule has 2 rings (SSSR count). The van der Waals surface area contributed by atoms with Gasteiger partial charge in [-0.1, -0.05) is 38.1 Å². The highest BCUT2D eigenvalue weighted by molar-refractivity contribution is 7.98. The van der Waals surface area contributed by atoms with Crippen LogP contribution in [0.3, 0.4) is 0 Å². The van der Waals surface area contributed by atoms with Crippen molar-refractivity contribution >= 4 is 17.7 Å². The number of rotatable bonds is 7. The quantitative estimate of drug-likeness (QED) is 0.516. The van der Waals surface area contributed by atoms with Gasteiger partial charge in [-0.2, -0.15) is 0 Å². The Morgan fingerprint density at radius 3 is 2.62 bits per heavy atom. The van der Waals surface area contributed by atoms with Crippen molar-refractivity contribution in [3.05, 3.63) is 59.2 Å². The highest BCUT2D eigenvalue weighted by Crippen LogP contribution is 2.28. The summed E-state index contributed by atoms with van der Waals surface area (Å²) in [6, 6.07) is 13.9. The Morgan fingerprint density at radius 2 is 1.92 bits per heavy atom. The second kappa shape index (κ2) is 8.78. The lowest BCUT2D eigenvalue weighted by Crippen LogP contribution is -2.13. The molecule has 0 heterocycles. The van der Waals surface area contributed by atoms with Crippen molar-refractivity contribution in [3.8, 4) is 5.75 Å². The van der Waals surface area contributed by atoms with Crippen LogP contribution < -0.4 is 4.74 Å². The third-order valence-electron chi connectivity index (χ3n) is 3.55. The van der Waals surface area contributed by atoms with Crippen molar-refractivity contribution in [1.29, 1.82) is 0 Å². The highest BCUT2D eigenvalue weighted by Gasteiger charge is 2.16. The van der Waals surface area contributed by atoms with Gasteiger partial charge < -0.3 is 9.47 Å². The maximum Gasteiger partial charge on any atom is 0.338 e. The lowest BCUT2D eigenvalue weighted by atomic mass is 10.0. The zero-order valence-electron chi connectivity index (χ0n) is 14.7. The molecule has 0 aliphatic carbocycles. The van der Waals surface area contributed by atoms with E-state index in [1.54, 1.807) is 18.9 Å². The molecule has 24 heavy (non-hydrogen) atoms. The lowest BCUT2D eigenvalue weighted by molar-refractivity contribution is 0.0457. The van der Waals surface area contributed by atoms with Gasteiger partial charge in [-0.3, -0.25) is 0 Å². The molecule has 0 bridgehead atoms. The Labute approximate surface area is 148 Å². The number of hydrogen-bond acceptors (Lipinski definition) is 4. The molecule has 0 aromatic heterocycles. The Morgan fingerprint density at radius 1 is 1.17 bits per heavy atom. The minimum atomic E-state index is -0.233. The van der Waals surface area contributed by atoms with Gasteiger partial charge in [0.2, 0.25) is 0 Å². The first-order valence-electron chi connectivity index (χ1n) is 8.03. The minimum Gasteiger partial charge on any atom is -0.497 e. The average Bonchev–Trinajstić information content (AvgIpc) is 2.58. The highest BCUT2D eigenvalue weighted by atomic mass is 32.2. The van der Waals surface area contributed by atoms with Crippen molar-refractivity contribution < 1.29 is 14.3 Å². The second-order valence-corrected chi connectivity index (χ2v) is 7.12. The molecule has 0 aliphatic heterocycles. The van der Waals surface area contributed by atoms with E-state index in [1.807, 2.05) is 63.2 Å². The van der Waals surface area contributed by atoms with Crippen LogP contribution in [0.25, 0.3) is 0 Å². The van der Waals surface area contributed by atoms with Gasteiger partial charge in [0.25, 0.3) is 0 Å². The average molecular weight is 344 g/mol. The zero-order chi connectivity index (χ0) is 17.5. The van der Waals surface area contributed by atoms with E-state index in [2.05, 4.69) is 0 Å². The summed E-state index contributed by atoms with van der Waals surface area (Å²) in [4.78, 5) is 13.6. The topological polar surface area (TPSA) is 35.5 Å². The summed E-state index contributed by atoms with van der Waals surface area (Å²) >= 11 is 1.68. The van der Waals surface area contributed by atoms with Crippen LogP contribution in [-0.4, -0.2) is 19.7 Å². The van der Waals surface area contributed by atoms with Gasteiger partial charge in [-0.05, 0) is 42.2 Å². The van der Waals surface area contributed by atoms with Crippen LogP contribution in [-0.2, 0) is 10.5 Å². The minimum absolute atomic E-state index is 0.233. The number of ether oxygens (including phenoxy) is 2. The van der Waals surface area contributed by atoms with Crippen LogP contribution in [0.2, 0.25) is 0 Å². The van der Waals surface area contributed by atoms with E-state index >= 15 is 0 Å². The van der Waals surface area contributed by atoms with E-state index in [9.17, 15) is 4.79 Å². The van der Waals surface area contributed by atoms with Crippen molar-refractivity contribution in [2.75, 3.05) is 13.7 Å². The summed E-state index contributed by atoms with van der Waals surface area (Å²) in [5.41, 5.74) is 2.64. The fourth-order valence-corrected chi connectivity index (χ4v) is 3.24. The van der Waals surface area contributed by atoms with Gasteiger partial charge in [-0.15, -0.1) is 11.8 Å². The summed E-state index contributed by atoms with van der Waals surface area (Å²) in [5.74, 6) is 1.64. The molecule has 0 aliphatic rings. The van der Waals surface area contributed by atoms with E-state index < -0.39 is 0 Å². The van der Waals surface area contributed by atoms with Gasteiger partial charge in [-0.25, -0.2) is 4.79 Å². The molecule has 0 radical (unpaired) electrons. The van der Waals surface area contributed by atoms with Crippen molar-refractivity contribution in [1.82, 2.24) is 0 Å². The fraction of sp³-hybridized carbons (Fsp3) is 0.350. The lowest BCUT2D eigenvalue weighted by Gasteiger charge is -2.13. The number of carbonyl (C=O) groups is 1. The third-order valence-corrected chi connectivity index (χ3v) is 4.59. The van der Waals surface area contributed by atoms with Crippen LogP contribution in [0.1, 0.15) is 35.3 Å². The number of thioether (sulfide) groups is 1. The zero-order valence-corrected chi connectivity index (χ0v) is 15.5. The van der Waals surface area contributed by atoms with E-state index in [0.29, 0.717) is 23.8 Å². The van der Waals surface area contributed by atoms with Crippen LogP contribution in [0, 0.1) is 12.8 Å². The third kappa shape index (κ3) is 5.03. The second-order valence-electron chi connectivity index (χ2n) is 6.07. The molecule has 0 spiro atoms. The SMILES string of the molecule is COc1cccc(SCc2cccc(C)c2C(=O)OCC(C)C)c1. The molecule has 0 unspecified atom stereocenters. The number of aryl methyl sites for hydroxylation is 1. The van der Waals surface area contributed by atoms with Crippen molar-refractivity contribution in [2.24, 2.45) is 5.92 Å². The normalized spacial score (nSPS) is 10.7. The fourth-order valence-electron chi connectivity index (χ4n) is 2.31. The number of benzene rings is 2. The van der Waals surface area contributed by atoms with Gasteiger partial charge >= 0.3 is 5.97 Å². The van der Waals surface area contributed by atoms with E-state index in [1.165, 1.54) is 0 Å². The molecule has 128 valence electrons. The molecule has 0 amide bonds. The van der Waals surface area contributed by atoms with Gasteiger partial charge in [0.15, 0.2) is 0 Å². The summed E-state index contributed by atoms with van der Waals surface area (Å²) in [7, 11) is 1.66. The Balaban J connectivity index is 2.14. The summed E-state index contributed by atoms with van der Waals surface area (Å²) in [5, 5.41) is 0. The van der Waals surface area contributed by atoms with Gasteiger partial charge in [0.05, 0.1) is 19.3 Å². The molecule has 0 fully saturated rings. The molecular weight excluding hydrogens is 320 g/mol. The smallest absolute Gasteiger partial charge is 0.338 e. The molecule has 0 N–H and O–H groups in total. The Kier molecular flexibility index (Phi) is 6.73. The predicted octanol–water partition coefficient (Wildman–Crippen LogP) is 5.11. The maximum atomic E-state index is 12.5. The van der Waals surface area contributed by atoms with Crippen LogP contribution in [0.5, 0.6) is 5.75 Å². The number of methoxy groups -OCH3 is 1. The summed E-state index contributed by atoms with van der Waals surface area (Å²) < 4.78 is 10.7. The molecule has 0 saturated carbocycles. The number of esters is 1. The Bertz CT molecular complexity index is 695. The first kappa shape index (κ1) is 18.4. The van der Waals surface area contributed by atoms with Crippen LogP contribution in [0.4, 0.5) is 0 Å². The molecule has 3 nitrogen and oxygen atoms in total. The molecular formula is C20H24O3S. The van der Waals surface area contributed by atoms with E-state index in [4.69, 9.17) is 9.47 Å². The molecule has 4 heteroatoms. The van der Waals surface area contributed by atoms with Crippen LogP contribution >= 0.6 is 11.8 Å². The van der Waals surface area contributed by atoms with E-state index in [-0.39, 0.29) is 5.97 Å². The van der Waals surface area contributed by atoms with Crippen molar-refractivity contribution in [3.63, 3.8) is 0 Å². The van der Waals surface area contributed by atoms with Crippen LogP contribution in [0.15, 0.2) is 47.4 Å². The Hall–Kier alpha value is -1.94. The summed E-state index contributed by atoms with van der Waals surface area (Å²) in [6.07, 6.45) is 0. The predicted molar refractivity (Wildman–Crippen MR) is 98.9 cm³/mol. The monoisotopic (exact) mass is 344 g/mol. The van der Waals surface area contributed by atoms with Gasteiger partial charge in [0.1, 0.15) is 5.75 Å². The molecule has 2 aromatic rings. The standard InChI is InChI=1S/C20H24O3S/c1-14(2)12-23-20(21)19-15(3)7-5-8-16(19)13-24-18-10-6-9-17(11-18)22-4/h5-11,14H,12-13H2,1-4H3. The number of hydrogen-bond donors (Lipinski definition) is 0. The van der Waals surface area contributed by atoms with E-state index in [0.717, 1.165) is 21.8 Å². The van der Waals surface area contributed by atoms with Gasteiger partial charge in [0, 0.05) is 10.6 Å². The maximum absolute atomic E-state index is 12.5. The van der Waals surface area contributed by atoms with Crippen molar-refractivity contribution in [2.45, 2.75) is 31.4 Å². The first-order chi connectivity index (χ1) is 11.5. The number of carbonyl (C=O) groups excluding carboxylic acids is 1. The molecule has 2 aromatic carbocycles. The summed E-state index contributed by atoms with van der Waals surface area (Å²) in [6.45, 7) is 6.46. The largest absolute Gasteiger partial charge is 0.497 e. The first-order valence-corrected chi connectivity index (χ1v) is 9.02. The molecule has 0 atom stereocenters. The molecule has 0 saturated heterocycles.